The highest BCUT2D eigenvalue weighted by atomic mass is 35.5. The van der Waals surface area contributed by atoms with Crippen molar-refractivity contribution in [2.45, 2.75) is 0 Å². The predicted octanol–water partition coefficient (Wildman–Crippen LogP) is 5.46. The van der Waals surface area contributed by atoms with Gasteiger partial charge >= 0.3 is 0 Å². The van der Waals surface area contributed by atoms with Crippen LogP contribution in [0, 0.1) is 5.82 Å². The summed E-state index contributed by atoms with van der Waals surface area (Å²) < 4.78 is 18.4. The van der Waals surface area contributed by atoms with Gasteiger partial charge in [0.2, 0.25) is 0 Å². The zero-order valence-corrected chi connectivity index (χ0v) is 11.6. The average Bonchev–Trinajstić information content (AvgIpc) is 2.33. The Bertz CT molecular complexity index is 599. The highest BCUT2D eigenvalue weighted by molar-refractivity contribution is 6.44. The van der Waals surface area contributed by atoms with Crippen LogP contribution in [0.4, 0.5) is 4.39 Å². The molecule has 0 saturated heterocycles. The molecule has 0 amide bonds. The summed E-state index contributed by atoms with van der Waals surface area (Å²) >= 11 is 17.9. The van der Waals surface area contributed by atoms with Crippen molar-refractivity contribution in [1.82, 2.24) is 0 Å². The second kappa shape index (κ2) is 5.35. The topological polar surface area (TPSA) is 9.23 Å². The van der Waals surface area contributed by atoms with Crippen molar-refractivity contribution in [2.75, 3.05) is 7.11 Å². The second-order valence-corrected chi connectivity index (χ2v) is 4.85. The molecule has 0 heterocycles. The molecule has 0 saturated carbocycles. The lowest BCUT2D eigenvalue weighted by molar-refractivity contribution is 0.411. The Balaban J connectivity index is 2.61. The van der Waals surface area contributed by atoms with Crippen LogP contribution in [-0.2, 0) is 0 Å². The summed E-state index contributed by atoms with van der Waals surface area (Å²) in [6, 6.07) is 7.44. The van der Waals surface area contributed by atoms with E-state index in [4.69, 9.17) is 39.5 Å². The monoisotopic (exact) mass is 304 g/mol. The number of hydrogen-bond donors (Lipinski definition) is 0. The summed E-state index contributed by atoms with van der Waals surface area (Å²) in [6.07, 6.45) is 0. The molecule has 0 spiro atoms. The molecule has 0 unspecified atom stereocenters. The molecule has 0 aliphatic heterocycles. The Labute approximate surface area is 119 Å². The molecule has 0 aromatic heterocycles. The molecule has 94 valence electrons. The van der Waals surface area contributed by atoms with Crippen LogP contribution in [0.3, 0.4) is 0 Å². The van der Waals surface area contributed by atoms with Gasteiger partial charge in [-0.1, -0.05) is 34.8 Å². The molecule has 0 fully saturated rings. The van der Waals surface area contributed by atoms with E-state index in [1.807, 2.05) is 0 Å². The van der Waals surface area contributed by atoms with Crippen LogP contribution in [0.15, 0.2) is 30.3 Å². The van der Waals surface area contributed by atoms with E-state index in [0.29, 0.717) is 31.9 Å². The molecular formula is C13H8Cl3FO. The first kappa shape index (κ1) is 13.5. The predicted molar refractivity (Wildman–Crippen MR) is 73.4 cm³/mol. The van der Waals surface area contributed by atoms with Crippen LogP contribution in [0.1, 0.15) is 0 Å². The van der Waals surface area contributed by atoms with Gasteiger partial charge in [-0.3, -0.25) is 0 Å². The van der Waals surface area contributed by atoms with Gasteiger partial charge in [0.1, 0.15) is 11.6 Å². The Morgan fingerprint density at radius 2 is 1.56 bits per heavy atom. The summed E-state index contributed by atoms with van der Waals surface area (Å²) in [6.45, 7) is 0. The van der Waals surface area contributed by atoms with E-state index >= 15 is 0 Å². The first-order chi connectivity index (χ1) is 8.51. The van der Waals surface area contributed by atoms with Crippen LogP contribution in [0.5, 0.6) is 5.75 Å². The van der Waals surface area contributed by atoms with E-state index in [0.717, 1.165) is 0 Å². The largest absolute Gasteiger partial charge is 0.497 e. The Hall–Kier alpha value is -0.960. The fraction of sp³-hybridized carbons (Fsp3) is 0.0769. The van der Waals surface area contributed by atoms with Gasteiger partial charge in [-0.25, -0.2) is 4.39 Å². The Kier molecular flexibility index (Phi) is 4.00. The van der Waals surface area contributed by atoms with Crippen LogP contribution in [-0.4, -0.2) is 7.11 Å². The zero-order valence-electron chi connectivity index (χ0n) is 9.31. The molecule has 18 heavy (non-hydrogen) atoms. The number of methoxy groups -OCH3 is 1. The van der Waals surface area contributed by atoms with Gasteiger partial charge in [0, 0.05) is 16.7 Å². The molecule has 2 rings (SSSR count). The minimum absolute atomic E-state index is 0.355. The van der Waals surface area contributed by atoms with Crippen molar-refractivity contribution < 1.29 is 9.13 Å². The molecule has 2 aromatic rings. The zero-order chi connectivity index (χ0) is 13.3. The first-order valence-corrected chi connectivity index (χ1v) is 6.14. The minimum atomic E-state index is -0.411. The van der Waals surface area contributed by atoms with Crippen LogP contribution >= 0.6 is 34.8 Å². The number of ether oxygens (including phenoxy) is 1. The van der Waals surface area contributed by atoms with E-state index in [2.05, 4.69) is 0 Å². The van der Waals surface area contributed by atoms with Crippen LogP contribution in [0.2, 0.25) is 15.1 Å². The summed E-state index contributed by atoms with van der Waals surface area (Å²) in [5, 5.41) is 1.12. The van der Waals surface area contributed by atoms with Crippen molar-refractivity contribution >= 4 is 34.8 Å². The van der Waals surface area contributed by atoms with Gasteiger partial charge in [0.15, 0.2) is 0 Å². The first-order valence-electron chi connectivity index (χ1n) is 5.01. The minimum Gasteiger partial charge on any atom is -0.497 e. The standard InChI is InChI=1S/C13H8Cl3FO/c1-18-9-3-7(2-8(17)4-9)10-5-12(15)13(16)6-11(10)14/h2-6H,1H3. The molecular weight excluding hydrogens is 297 g/mol. The third kappa shape index (κ3) is 2.72. The van der Waals surface area contributed by atoms with Gasteiger partial charge in [-0.15, -0.1) is 0 Å². The van der Waals surface area contributed by atoms with Gasteiger partial charge in [-0.2, -0.15) is 0 Å². The molecule has 0 aliphatic carbocycles. The number of halogens is 4. The Morgan fingerprint density at radius 1 is 0.889 bits per heavy atom. The molecule has 2 aromatic carbocycles. The maximum atomic E-state index is 13.4. The van der Waals surface area contributed by atoms with Crippen LogP contribution < -0.4 is 4.74 Å². The lowest BCUT2D eigenvalue weighted by atomic mass is 10.1. The average molecular weight is 306 g/mol. The lowest BCUT2D eigenvalue weighted by Crippen LogP contribution is -1.88. The lowest BCUT2D eigenvalue weighted by Gasteiger charge is -2.09. The molecule has 0 radical (unpaired) electrons. The highest BCUT2D eigenvalue weighted by Gasteiger charge is 2.10. The van der Waals surface area contributed by atoms with Gasteiger partial charge in [-0.05, 0) is 29.8 Å². The van der Waals surface area contributed by atoms with Gasteiger partial charge < -0.3 is 4.74 Å². The van der Waals surface area contributed by atoms with E-state index < -0.39 is 5.82 Å². The van der Waals surface area contributed by atoms with Crippen molar-refractivity contribution in [3.05, 3.63) is 51.2 Å². The van der Waals surface area contributed by atoms with Gasteiger partial charge in [0.05, 0.1) is 17.2 Å². The third-order valence-electron chi connectivity index (χ3n) is 2.43. The van der Waals surface area contributed by atoms with E-state index in [-0.39, 0.29) is 0 Å². The maximum absolute atomic E-state index is 13.4. The fourth-order valence-corrected chi connectivity index (χ4v) is 2.24. The number of rotatable bonds is 2. The van der Waals surface area contributed by atoms with Crippen molar-refractivity contribution in [1.29, 1.82) is 0 Å². The quantitative estimate of drug-likeness (QED) is 0.669. The summed E-state index contributed by atoms with van der Waals surface area (Å²) in [4.78, 5) is 0. The molecule has 0 N–H and O–H groups in total. The maximum Gasteiger partial charge on any atom is 0.127 e. The molecule has 0 bridgehead atoms. The summed E-state index contributed by atoms with van der Waals surface area (Å²) in [5.41, 5.74) is 1.18. The van der Waals surface area contributed by atoms with E-state index in [1.54, 1.807) is 12.1 Å². The molecule has 0 atom stereocenters. The molecule has 0 aliphatic rings. The number of benzene rings is 2. The van der Waals surface area contributed by atoms with Gasteiger partial charge in [0.25, 0.3) is 0 Å². The molecule has 5 heteroatoms. The smallest absolute Gasteiger partial charge is 0.127 e. The molecule has 1 nitrogen and oxygen atoms in total. The Morgan fingerprint density at radius 3 is 2.22 bits per heavy atom. The SMILES string of the molecule is COc1cc(F)cc(-c2cc(Cl)c(Cl)cc2Cl)c1. The van der Waals surface area contributed by atoms with Crippen molar-refractivity contribution in [3.63, 3.8) is 0 Å². The normalized spacial score (nSPS) is 10.5. The van der Waals surface area contributed by atoms with Crippen molar-refractivity contribution in [2.24, 2.45) is 0 Å². The summed E-state index contributed by atoms with van der Waals surface area (Å²) in [5.74, 6) is -0.00127. The van der Waals surface area contributed by atoms with E-state index in [1.165, 1.54) is 25.3 Å². The number of hydrogen-bond acceptors (Lipinski definition) is 1. The fourth-order valence-electron chi connectivity index (χ4n) is 1.58. The highest BCUT2D eigenvalue weighted by Crippen LogP contribution is 2.36. The van der Waals surface area contributed by atoms with Crippen molar-refractivity contribution in [3.8, 4) is 16.9 Å². The summed E-state index contributed by atoms with van der Waals surface area (Å²) in [7, 11) is 1.47. The third-order valence-corrected chi connectivity index (χ3v) is 3.46. The van der Waals surface area contributed by atoms with Crippen LogP contribution in [0.25, 0.3) is 11.1 Å². The second-order valence-electron chi connectivity index (χ2n) is 3.63. The van der Waals surface area contributed by atoms with E-state index in [9.17, 15) is 4.39 Å².